The molecule has 5 heteroatoms. The van der Waals surface area contributed by atoms with Crippen molar-refractivity contribution < 1.29 is 14.7 Å². The second-order valence-corrected chi connectivity index (χ2v) is 3.51. The van der Waals surface area contributed by atoms with E-state index in [1.807, 2.05) is 6.92 Å². The lowest BCUT2D eigenvalue weighted by Gasteiger charge is -2.13. The number of rotatable bonds is 6. The summed E-state index contributed by atoms with van der Waals surface area (Å²) in [4.78, 5) is 0. The minimum Gasteiger partial charge on any atom is -0.490 e. The molecule has 0 aromatic heterocycles. The summed E-state index contributed by atoms with van der Waals surface area (Å²) in [5, 5.41) is 11.8. The van der Waals surface area contributed by atoms with Gasteiger partial charge in [-0.05, 0) is 19.1 Å². The van der Waals surface area contributed by atoms with Gasteiger partial charge in [0, 0.05) is 5.56 Å². The standard InChI is InChI=1S/C12H14ClNO3/c1-3-5-17-12-10(13)6-9(8-14-15)7-11(12)16-4-2/h3,6-8,15H,1,4-5H2,2H3/b14-8+. The van der Waals surface area contributed by atoms with Crippen molar-refractivity contribution in [3.05, 3.63) is 35.4 Å². The van der Waals surface area contributed by atoms with E-state index in [0.29, 0.717) is 35.3 Å². The molecule has 0 aliphatic heterocycles. The number of oxime groups is 1. The third kappa shape index (κ3) is 3.67. The number of halogens is 1. The number of ether oxygens (including phenoxy) is 2. The number of nitrogens with zero attached hydrogens (tertiary/aromatic N) is 1. The second kappa shape index (κ2) is 6.81. The third-order valence-electron chi connectivity index (χ3n) is 1.88. The van der Waals surface area contributed by atoms with Crippen molar-refractivity contribution in [3.8, 4) is 11.5 Å². The van der Waals surface area contributed by atoms with Crippen molar-refractivity contribution in [2.24, 2.45) is 5.16 Å². The maximum Gasteiger partial charge on any atom is 0.180 e. The van der Waals surface area contributed by atoms with Gasteiger partial charge in [-0.3, -0.25) is 0 Å². The Balaban J connectivity index is 3.12. The van der Waals surface area contributed by atoms with Crippen molar-refractivity contribution in [1.82, 2.24) is 0 Å². The highest BCUT2D eigenvalue weighted by Crippen LogP contribution is 2.36. The molecular formula is C12H14ClNO3. The first kappa shape index (κ1) is 13.4. The van der Waals surface area contributed by atoms with Crippen LogP contribution in [0.2, 0.25) is 5.02 Å². The summed E-state index contributed by atoms with van der Waals surface area (Å²) in [6.45, 7) is 6.25. The molecule has 0 saturated heterocycles. The lowest BCUT2D eigenvalue weighted by molar-refractivity contribution is 0.297. The van der Waals surface area contributed by atoms with Crippen LogP contribution in [0.15, 0.2) is 29.9 Å². The molecule has 0 heterocycles. The molecule has 0 atom stereocenters. The van der Waals surface area contributed by atoms with E-state index in [1.165, 1.54) is 6.21 Å². The summed E-state index contributed by atoms with van der Waals surface area (Å²) in [7, 11) is 0. The summed E-state index contributed by atoms with van der Waals surface area (Å²) in [5.41, 5.74) is 0.631. The van der Waals surface area contributed by atoms with Crippen LogP contribution in [0.1, 0.15) is 12.5 Å². The summed E-state index contributed by atoms with van der Waals surface area (Å²) >= 11 is 6.06. The van der Waals surface area contributed by atoms with Crippen LogP contribution in [0.5, 0.6) is 11.5 Å². The first-order chi connectivity index (χ1) is 8.22. The Bertz CT molecular complexity index is 418. The van der Waals surface area contributed by atoms with Gasteiger partial charge >= 0.3 is 0 Å². The summed E-state index contributed by atoms with van der Waals surface area (Å²) < 4.78 is 10.8. The highest BCUT2D eigenvalue weighted by Gasteiger charge is 2.11. The summed E-state index contributed by atoms with van der Waals surface area (Å²) in [6, 6.07) is 3.32. The van der Waals surface area contributed by atoms with Gasteiger partial charge in [0.15, 0.2) is 11.5 Å². The molecule has 1 rings (SSSR count). The zero-order valence-corrected chi connectivity index (χ0v) is 10.3. The molecule has 0 aliphatic carbocycles. The van der Waals surface area contributed by atoms with Crippen molar-refractivity contribution in [2.45, 2.75) is 6.92 Å². The molecule has 1 N–H and O–H groups in total. The molecule has 0 aliphatic rings. The zero-order chi connectivity index (χ0) is 12.7. The fourth-order valence-electron chi connectivity index (χ4n) is 1.27. The molecule has 0 amide bonds. The number of hydrogen-bond acceptors (Lipinski definition) is 4. The quantitative estimate of drug-likeness (QED) is 0.368. The average Bonchev–Trinajstić information content (AvgIpc) is 2.29. The van der Waals surface area contributed by atoms with Crippen LogP contribution < -0.4 is 9.47 Å². The van der Waals surface area contributed by atoms with E-state index in [-0.39, 0.29) is 0 Å². The van der Waals surface area contributed by atoms with E-state index in [2.05, 4.69) is 11.7 Å². The first-order valence-electron chi connectivity index (χ1n) is 5.10. The minimum atomic E-state index is 0.341. The molecule has 1 aromatic rings. The average molecular weight is 256 g/mol. The molecule has 92 valence electrons. The number of hydrogen-bond donors (Lipinski definition) is 1. The Morgan fingerprint density at radius 3 is 2.82 bits per heavy atom. The molecule has 0 radical (unpaired) electrons. The van der Waals surface area contributed by atoms with Crippen LogP contribution in [-0.4, -0.2) is 24.6 Å². The predicted octanol–water partition coefficient (Wildman–Crippen LogP) is 3.11. The van der Waals surface area contributed by atoms with Crippen LogP contribution in [0.25, 0.3) is 0 Å². The van der Waals surface area contributed by atoms with E-state index in [4.69, 9.17) is 26.3 Å². The highest BCUT2D eigenvalue weighted by molar-refractivity contribution is 6.32. The normalized spacial score (nSPS) is 10.5. The van der Waals surface area contributed by atoms with Gasteiger partial charge in [0.25, 0.3) is 0 Å². The molecule has 0 fully saturated rings. The maximum atomic E-state index is 8.48. The Morgan fingerprint density at radius 1 is 1.47 bits per heavy atom. The van der Waals surface area contributed by atoms with Gasteiger partial charge in [-0.1, -0.05) is 29.4 Å². The van der Waals surface area contributed by atoms with Crippen molar-refractivity contribution in [2.75, 3.05) is 13.2 Å². The van der Waals surface area contributed by atoms with Gasteiger partial charge in [0.05, 0.1) is 17.8 Å². The number of benzene rings is 1. The van der Waals surface area contributed by atoms with Crippen molar-refractivity contribution >= 4 is 17.8 Å². The molecule has 0 spiro atoms. The monoisotopic (exact) mass is 255 g/mol. The van der Waals surface area contributed by atoms with Gasteiger partial charge in [-0.15, -0.1) is 0 Å². The van der Waals surface area contributed by atoms with E-state index in [0.717, 1.165) is 0 Å². The van der Waals surface area contributed by atoms with Crippen LogP contribution >= 0.6 is 11.6 Å². The molecule has 0 unspecified atom stereocenters. The molecule has 1 aromatic carbocycles. The van der Waals surface area contributed by atoms with E-state index in [1.54, 1.807) is 18.2 Å². The fourth-order valence-corrected chi connectivity index (χ4v) is 1.55. The van der Waals surface area contributed by atoms with Crippen LogP contribution in [0, 0.1) is 0 Å². The highest BCUT2D eigenvalue weighted by atomic mass is 35.5. The molecule has 17 heavy (non-hydrogen) atoms. The molecular weight excluding hydrogens is 242 g/mol. The SMILES string of the molecule is C=CCOc1c(Cl)cc(/C=N/O)cc1OCC. The predicted molar refractivity (Wildman–Crippen MR) is 67.7 cm³/mol. The largest absolute Gasteiger partial charge is 0.490 e. The van der Waals surface area contributed by atoms with Gasteiger partial charge in [0.1, 0.15) is 6.61 Å². The zero-order valence-electron chi connectivity index (χ0n) is 9.52. The third-order valence-corrected chi connectivity index (χ3v) is 2.16. The lowest BCUT2D eigenvalue weighted by Crippen LogP contribution is -2.00. The van der Waals surface area contributed by atoms with Gasteiger partial charge in [-0.25, -0.2) is 0 Å². The van der Waals surface area contributed by atoms with E-state index < -0.39 is 0 Å². The summed E-state index contributed by atoms with van der Waals surface area (Å²) in [6.07, 6.45) is 2.89. The van der Waals surface area contributed by atoms with Gasteiger partial charge in [0.2, 0.25) is 0 Å². The Labute approximate surface area is 105 Å². The first-order valence-corrected chi connectivity index (χ1v) is 5.48. The molecule has 0 bridgehead atoms. The van der Waals surface area contributed by atoms with Gasteiger partial charge < -0.3 is 14.7 Å². The molecule has 0 saturated carbocycles. The Kier molecular flexibility index (Phi) is 5.36. The maximum absolute atomic E-state index is 8.48. The van der Waals surface area contributed by atoms with E-state index in [9.17, 15) is 0 Å². The smallest absolute Gasteiger partial charge is 0.180 e. The topological polar surface area (TPSA) is 51.0 Å². The van der Waals surface area contributed by atoms with Crippen molar-refractivity contribution in [3.63, 3.8) is 0 Å². The van der Waals surface area contributed by atoms with Crippen molar-refractivity contribution in [1.29, 1.82) is 0 Å². The van der Waals surface area contributed by atoms with Crippen LogP contribution in [-0.2, 0) is 0 Å². The van der Waals surface area contributed by atoms with Crippen LogP contribution in [0.4, 0.5) is 0 Å². The molecule has 4 nitrogen and oxygen atoms in total. The fraction of sp³-hybridized carbons (Fsp3) is 0.250. The Hall–Kier alpha value is -1.68. The van der Waals surface area contributed by atoms with Crippen LogP contribution in [0.3, 0.4) is 0 Å². The Morgan fingerprint density at radius 2 is 2.24 bits per heavy atom. The van der Waals surface area contributed by atoms with Gasteiger partial charge in [-0.2, -0.15) is 0 Å². The summed E-state index contributed by atoms with van der Waals surface area (Å²) in [5.74, 6) is 0.972. The lowest BCUT2D eigenvalue weighted by atomic mass is 10.2. The second-order valence-electron chi connectivity index (χ2n) is 3.11. The van der Waals surface area contributed by atoms with E-state index >= 15 is 0 Å². The minimum absolute atomic E-state index is 0.341.